The van der Waals surface area contributed by atoms with Gasteiger partial charge in [0.15, 0.2) is 17.7 Å². The number of hydrogen-bond acceptors (Lipinski definition) is 8. The van der Waals surface area contributed by atoms with E-state index in [1.54, 1.807) is 4.57 Å². The van der Waals surface area contributed by atoms with Crippen LogP contribution in [0.15, 0.2) is 12.7 Å². The Morgan fingerprint density at radius 1 is 1.29 bits per heavy atom. The lowest BCUT2D eigenvalue weighted by Gasteiger charge is -2.22. The van der Waals surface area contributed by atoms with Gasteiger partial charge < -0.3 is 26.4 Å². The van der Waals surface area contributed by atoms with E-state index in [4.69, 9.17) is 16.2 Å². The van der Waals surface area contributed by atoms with E-state index in [0.717, 1.165) is 12.2 Å². The molecule has 24 heavy (non-hydrogen) atoms. The molecular formula is C14H24N6O3S. The second-order valence-corrected chi connectivity index (χ2v) is 8.56. The van der Waals surface area contributed by atoms with Crippen LogP contribution < -0.4 is 11.5 Å². The molecule has 6 N–H and O–H groups in total. The number of aliphatic hydroxyl groups excluding tert-OH is 2. The Kier molecular flexibility index (Phi) is 5.21. The highest BCUT2D eigenvalue weighted by Gasteiger charge is 2.44. The number of aromatic nitrogens is 4. The van der Waals surface area contributed by atoms with Crippen molar-refractivity contribution in [1.82, 2.24) is 19.5 Å². The van der Waals surface area contributed by atoms with E-state index in [2.05, 4.69) is 21.2 Å². The van der Waals surface area contributed by atoms with Gasteiger partial charge in [-0.25, -0.2) is 15.0 Å². The molecular weight excluding hydrogens is 332 g/mol. The molecule has 0 radical (unpaired) electrons. The van der Waals surface area contributed by atoms with Gasteiger partial charge in [0.05, 0.1) is 12.4 Å². The summed E-state index contributed by atoms with van der Waals surface area (Å²) in [5, 5.41) is 20.8. The first-order valence-electron chi connectivity index (χ1n) is 7.86. The first-order chi connectivity index (χ1) is 11.5. The van der Waals surface area contributed by atoms with Gasteiger partial charge in [0.2, 0.25) is 0 Å². The summed E-state index contributed by atoms with van der Waals surface area (Å²) in [6.07, 6.45) is 2.78. The average molecular weight is 356 g/mol. The molecule has 1 saturated heterocycles. The molecule has 1 fully saturated rings. The summed E-state index contributed by atoms with van der Waals surface area (Å²) in [7, 11) is -0.306. The number of imidazole rings is 1. The van der Waals surface area contributed by atoms with E-state index in [1.165, 1.54) is 12.7 Å². The van der Waals surface area contributed by atoms with E-state index >= 15 is 0 Å². The third kappa shape index (κ3) is 3.20. The lowest BCUT2D eigenvalue weighted by Crippen LogP contribution is -2.33. The Hall–Kier alpha value is -1.46. The van der Waals surface area contributed by atoms with Gasteiger partial charge in [0, 0.05) is 5.75 Å². The molecule has 0 spiro atoms. The molecule has 5 atom stereocenters. The monoisotopic (exact) mass is 356 g/mol. The largest absolute Gasteiger partial charge is 0.387 e. The molecule has 2 aromatic rings. The van der Waals surface area contributed by atoms with Crippen LogP contribution in [0.2, 0.25) is 0 Å². The van der Waals surface area contributed by atoms with Crippen molar-refractivity contribution in [3.63, 3.8) is 0 Å². The third-order valence-corrected chi connectivity index (χ3v) is 6.30. The van der Waals surface area contributed by atoms with Gasteiger partial charge in [-0.05, 0) is 25.0 Å². The smallest absolute Gasteiger partial charge is 0.167 e. The fourth-order valence-corrected chi connectivity index (χ4v) is 4.75. The topological polar surface area (TPSA) is 145 Å². The van der Waals surface area contributed by atoms with Crippen molar-refractivity contribution in [2.45, 2.75) is 31.0 Å². The molecule has 1 unspecified atom stereocenters. The van der Waals surface area contributed by atoms with Crippen LogP contribution in [0.1, 0.15) is 12.6 Å². The number of aliphatic hydroxyl groups is 2. The molecule has 0 amide bonds. The molecule has 0 aromatic carbocycles. The van der Waals surface area contributed by atoms with E-state index < -0.39 is 24.5 Å². The summed E-state index contributed by atoms with van der Waals surface area (Å²) in [6.45, 7) is 0.661. The Bertz CT molecular complexity index is 698. The summed E-state index contributed by atoms with van der Waals surface area (Å²) in [6, 6.07) is 0. The summed E-state index contributed by atoms with van der Waals surface area (Å²) in [5.74, 6) is 2.01. The molecule has 0 bridgehead atoms. The lowest BCUT2D eigenvalue weighted by molar-refractivity contribution is -0.0289. The average Bonchev–Trinajstić information content (AvgIpc) is 3.10. The normalized spacial score (nSPS) is 29.2. The molecule has 1 aliphatic rings. The highest BCUT2D eigenvalue weighted by Crippen LogP contribution is 2.35. The standard InChI is InChI=1S/C14H24N6O3S/c1-24(4-2-3-15)5-8-10(21)11(22)14(23-8)20-7-19-9-12(16)17-6-18-13(9)20/h6-8,10-11,14,21-22,24H,2-5,15H2,1H3,(H2,16,17,18)/t8-,10-,11-,14-/m1/s1. The molecule has 9 nitrogen and oxygen atoms in total. The number of nitrogen functional groups attached to an aromatic ring is 1. The number of fused-ring (bicyclic) bond motifs is 1. The van der Waals surface area contributed by atoms with Gasteiger partial charge in [-0.2, -0.15) is 0 Å². The van der Waals surface area contributed by atoms with Crippen molar-refractivity contribution in [2.75, 3.05) is 30.0 Å². The predicted molar refractivity (Wildman–Crippen MR) is 94.0 cm³/mol. The van der Waals surface area contributed by atoms with Gasteiger partial charge in [0.1, 0.15) is 24.1 Å². The van der Waals surface area contributed by atoms with Crippen LogP contribution in [-0.4, -0.2) is 72.4 Å². The van der Waals surface area contributed by atoms with Crippen molar-refractivity contribution in [2.24, 2.45) is 5.73 Å². The van der Waals surface area contributed by atoms with Crippen molar-refractivity contribution in [3.8, 4) is 0 Å². The zero-order valence-corrected chi connectivity index (χ0v) is 14.4. The first-order valence-corrected chi connectivity index (χ1v) is 10.0. The quantitative estimate of drug-likeness (QED) is 0.415. The second kappa shape index (κ2) is 7.19. The lowest BCUT2D eigenvalue weighted by atomic mass is 10.1. The van der Waals surface area contributed by atoms with Crippen LogP contribution in [-0.2, 0) is 4.74 Å². The van der Waals surface area contributed by atoms with Gasteiger partial charge in [-0.1, -0.05) is 0 Å². The van der Waals surface area contributed by atoms with Crippen molar-refractivity contribution >= 4 is 27.9 Å². The first kappa shape index (κ1) is 17.4. The van der Waals surface area contributed by atoms with Gasteiger partial charge in [-0.15, -0.1) is 0 Å². The van der Waals surface area contributed by atoms with Crippen LogP contribution in [0.3, 0.4) is 0 Å². The minimum Gasteiger partial charge on any atom is -0.387 e. The molecule has 134 valence electrons. The predicted octanol–water partition coefficient (Wildman–Crippen LogP) is -0.992. The van der Waals surface area contributed by atoms with Crippen LogP contribution in [0, 0.1) is 0 Å². The molecule has 0 saturated carbocycles. The zero-order valence-electron chi connectivity index (χ0n) is 13.5. The van der Waals surface area contributed by atoms with Gasteiger partial charge in [0.25, 0.3) is 0 Å². The van der Waals surface area contributed by atoms with Crippen molar-refractivity contribution in [3.05, 3.63) is 12.7 Å². The maximum atomic E-state index is 10.4. The van der Waals surface area contributed by atoms with Gasteiger partial charge >= 0.3 is 0 Å². The fraction of sp³-hybridized carbons (Fsp3) is 0.643. The Morgan fingerprint density at radius 3 is 2.83 bits per heavy atom. The maximum absolute atomic E-state index is 10.4. The van der Waals surface area contributed by atoms with Crippen molar-refractivity contribution < 1.29 is 14.9 Å². The molecule has 1 aliphatic heterocycles. The molecule has 0 aliphatic carbocycles. The zero-order chi connectivity index (χ0) is 17.3. The SMILES string of the molecule is C[SH](CCCN)C[C@H]1O[C@@H](n2cnc3c(N)ncnc32)[C@H](O)[C@@H]1O. The number of nitrogens with zero attached hydrogens (tertiary/aromatic N) is 4. The minimum atomic E-state index is -1.05. The number of rotatable bonds is 6. The molecule has 3 rings (SSSR count). The van der Waals surface area contributed by atoms with Crippen molar-refractivity contribution in [1.29, 1.82) is 0 Å². The number of thiol groups is 1. The van der Waals surface area contributed by atoms with E-state index in [0.29, 0.717) is 23.5 Å². The van der Waals surface area contributed by atoms with Crippen LogP contribution in [0.4, 0.5) is 5.82 Å². The third-order valence-electron chi connectivity index (χ3n) is 4.23. The van der Waals surface area contributed by atoms with Crippen LogP contribution in [0.25, 0.3) is 11.2 Å². The van der Waals surface area contributed by atoms with E-state index in [9.17, 15) is 10.2 Å². The maximum Gasteiger partial charge on any atom is 0.167 e. The summed E-state index contributed by atoms with van der Waals surface area (Å²) in [4.78, 5) is 12.2. The summed E-state index contributed by atoms with van der Waals surface area (Å²) < 4.78 is 7.53. The minimum absolute atomic E-state index is 0.266. The number of ether oxygens (including phenoxy) is 1. The number of nitrogens with two attached hydrogens (primary N) is 2. The Balaban J connectivity index is 1.78. The number of anilines is 1. The number of hydrogen-bond donors (Lipinski definition) is 5. The summed E-state index contributed by atoms with van der Waals surface area (Å²) >= 11 is 0. The van der Waals surface area contributed by atoms with Crippen LogP contribution >= 0.6 is 10.9 Å². The molecule has 2 aromatic heterocycles. The Labute approximate surface area is 142 Å². The Morgan fingerprint density at radius 2 is 2.08 bits per heavy atom. The second-order valence-electron chi connectivity index (χ2n) is 6.03. The van der Waals surface area contributed by atoms with E-state index in [1.807, 2.05) is 0 Å². The summed E-state index contributed by atoms with van der Waals surface area (Å²) in [5.41, 5.74) is 12.2. The highest BCUT2D eigenvalue weighted by molar-refractivity contribution is 8.16. The fourth-order valence-electron chi connectivity index (χ4n) is 2.93. The highest BCUT2D eigenvalue weighted by atomic mass is 32.2. The van der Waals surface area contributed by atoms with Crippen LogP contribution in [0.5, 0.6) is 0 Å². The van der Waals surface area contributed by atoms with E-state index in [-0.39, 0.29) is 16.7 Å². The molecule has 3 heterocycles. The van der Waals surface area contributed by atoms with Gasteiger partial charge in [-0.3, -0.25) is 15.5 Å². The molecule has 10 heteroatoms.